The molecule has 0 amide bonds. The highest BCUT2D eigenvalue weighted by atomic mass is 15.2. The maximum absolute atomic E-state index is 4.44. The van der Waals surface area contributed by atoms with E-state index in [1.54, 1.807) is 0 Å². The third kappa shape index (κ3) is 3.82. The van der Waals surface area contributed by atoms with Gasteiger partial charge in [-0.2, -0.15) is 0 Å². The summed E-state index contributed by atoms with van der Waals surface area (Å²) in [5, 5.41) is 3.51. The highest BCUT2D eigenvalue weighted by Crippen LogP contribution is 2.13. The van der Waals surface area contributed by atoms with Crippen LogP contribution < -0.4 is 5.32 Å². The fourth-order valence-corrected chi connectivity index (χ4v) is 2.74. The molecule has 0 spiro atoms. The molecule has 1 fully saturated rings. The van der Waals surface area contributed by atoms with E-state index in [1.807, 2.05) is 12.4 Å². The monoisotopic (exact) mass is 250 g/mol. The van der Waals surface area contributed by atoms with Crippen LogP contribution in [0.4, 0.5) is 0 Å². The van der Waals surface area contributed by atoms with Gasteiger partial charge in [0.25, 0.3) is 0 Å². The first-order chi connectivity index (χ1) is 8.79. The maximum atomic E-state index is 4.44. The predicted molar refractivity (Wildman–Crippen MR) is 74.4 cm³/mol. The molecule has 1 aromatic rings. The third-order valence-electron chi connectivity index (χ3n) is 3.74. The first-order valence-corrected chi connectivity index (χ1v) is 7.19. The van der Waals surface area contributed by atoms with Crippen LogP contribution in [0.2, 0.25) is 0 Å². The molecule has 1 atom stereocenters. The van der Waals surface area contributed by atoms with Crippen molar-refractivity contribution in [1.29, 1.82) is 0 Å². The molecule has 2 heterocycles. The second-order valence-electron chi connectivity index (χ2n) is 5.40. The zero-order chi connectivity index (χ0) is 12.8. The lowest BCUT2D eigenvalue weighted by Crippen LogP contribution is -2.38. The van der Waals surface area contributed by atoms with Crippen molar-refractivity contribution in [3.63, 3.8) is 0 Å². The summed E-state index contributed by atoms with van der Waals surface area (Å²) >= 11 is 0. The number of nitrogens with zero attached hydrogens (tertiary/aromatic N) is 3. The largest absolute Gasteiger partial charge is 0.337 e. The summed E-state index contributed by atoms with van der Waals surface area (Å²) in [7, 11) is 2.08. The second kappa shape index (κ2) is 6.90. The highest BCUT2D eigenvalue weighted by molar-refractivity contribution is 4.91. The number of imidazole rings is 1. The van der Waals surface area contributed by atoms with Crippen molar-refractivity contribution < 1.29 is 0 Å². The van der Waals surface area contributed by atoms with Crippen LogP contribution in [0.25, 0.3) is 0 Å². The lowest BCUT2D eigenvalue weighted by atomic mass is 9.99. The topological polar surface area (TPSA) is 33.1 Å². The number of rotatable bonds is 6. The number of aromatic nitrogens is 2. The van der Waals surface area contributed by atoms with Crippen molar-refractivity contribution >= 4 is 0 Å². The van der Waals surface area contributed by atoms with E-state index < -0.39 is 0 Å². The van der Waals surface area contributed by atoms with Crippen LogP contribution in [-0.4, -0.2) is 40.6 Å². The minimum absolute atomic E-state index is 0.811. The predicted octanol–water partition coefficient (Wildman–Crippen LogP) is 1.63. The van der Waals surface area contributed by atoms with Gasteiger partial charge in [0.15, 0.2) is 0 Å². The number of aryl methyl sites for hydroxylation is 1. The smallest absolute Gasteiger partial charge is 0.122 e. The fourth-order valence-electron chi connectivity index (χ4n) is 2.74. The summed E-state index contributed by atoms with van der Waals surface area (Å²) in [6.45, 7) is 7.99. The molecule has 4 nitrogen and oxygen atoms in total. The van der Waals surface area contributed by atoms with Gasteiger partial charge in [-0.15, -0.1) is 0 Å². The molecule has 1 unspecified atom stereocenters. The fraction of sp³-hybridized carbons (Fsp3) is 0.786. The van der Waals surface area contributed by atoms with Crippen LogP contribution in [0.1, 0.15) is 32.0 Å². The number of piperidine rings is 1. The van der Waals surface area contributed by atoms with Crippen LogP contribution in [0, 0.1) is 5.92 Å². The van der Waals surface area contributed by atoms with Crippen LogP contribution in [0.5, 0.6) is 0 Å². The second-order valence-corrected chi connectivity index (χ2v) is 5.40. The van der Waals surface area contributed by atoms with Gasteiger partial charge in [-0.05, 0) is 44.8 Å². The Morgan fingerprint density at radius 3 is 3.06 bits per heavy atom. The van der Waals surface area contributed by atoms with Gasteiger partial charge in [0.05, 0.1) is 6.54 Å². The van der Waals surface area contributed by atoms with E-state index in [2.05, 4.69) is 33.7 Å². The molecule has 0 bridgehead atoms. The molecule has 1 aliphatic rings. The number of hydrogen-bond donors (Lipinski definition) is 1. The van der Waals surface area contributed by atoms with Gasteiger partial charge in [0.2, 0.25) is 0 Å². The average Bonchev–Trinajstić information content (AvgIpc) is 2.77. The molecule has 18 heavy (non-hydrogen) atoms. The Bertz CT molecular complexity index is 341. The lowest BCUT2D eigenvalue weighted by molar-refractivity contribution is 0.196. The lowest BCUT2D eigenvalue weighted by Gasteiger charge is -2.29. The molecule has 2 rings (SSSR count). The molecule has 1 aliphatic heterocycles. The number of nitrogens with one attached hydrogen (secondary N) is 1. The van der Waals surface area contributed by atoms with E-state index in [4.69, 9.17) is 0 Å². The Balaban J connectivity index is 1.88. The molecular weight excluding hydrogens is 224 g/mol. The standard InChI is InChI=1S/C14H26N4/c1-3-8-18(11-13-5-4-6-15-10-13)12-14-16-7-9-17(14)2/h7,9,13,15H,3-6,8,10-12H2,1-2H3. The molecule has 0 saturated carbocycles. The van der Waals surface area contributed by atoms with Gasteiger partial charge in [-0.3, -0.25) is 4.90 Å². The van der Waals surface area contributed by atoms with Gasteiger partial charge < -0.3 is 9.88 Å². The quantitative estimate of drug-likeness (QED) is 0.833. The molecule has 1 aromatic heterocycles. The summed E-state index contributed by atoms with van der Waals surface area (Å²) < 4.78 is 2.13. The summed E-state index contributed by atoms with van der Waals surface area (Å²) in [6.07, 6.45) is 7.83. The summed E-state index contributed by atoms with van der Waals surface area (Å²) in [4.78, 5) is 6.99. The van der Waals surface area contributed by atoms with E-state index in [1.165, 1.54) is 51.3 Å². The highest BCUT2D eigenvalue weighted by Gasteiger charge is 2.17. The molecule has 1 N–H and O–H groups in total. The molecular formula is C14H26N4. The normalized spacial score (nSPS) is 20.5. The minimum atomic E-state index is 0.811. The molecule has 0 aromatic carbocycles. The van der Waals surface area contributed by atoms with E-state index >= 15 is 0 Å². The Hall–Kier alpha value is -0.870. The van der Waals surface area contributed by atoms with E-state index in [0.717, 1.165) is 12.5 Å². The Labute approximate surface area is 110 Å². The Morgan fingerprint density at radius 2 is 2.44 bits per heavy atom. The molecule has 0 radical (unpaired) electrons. The van der Waals surface area contributed by atoms with Crippen molar-refractivity contribution in [3.8, 4) is 0 Å². The van der Waals surface area contributed by atoms with Crippen molar-refractivity contribution in [2.45, 2.75) is 32.7 Å². The van der Waals surface area contributed by atoms with E-state index in [-0.39, 0.29) is 0 Å². The van der Waals surface area contributed by atoms with Gasteiger partial charge in [0.1, 0.15) is 5.82 Å². The molecule has 1 saturated heterocycles. The maximum Gasteiger partial charge on any atom is 0.122 e. The third-order valence-corrected chi connectivity index (χ3v) is 3.74. The van der Waals surface area contributed by atoms with Gasteiger partial charge in [-0.25, -0.2) is 4.98 Å². The SMILES string of the molecule is CCCN(Cc1nccn1C)CC1CCCNC1. The van der Waals surface area contributed by atoms with Crippen molar-refractivity contribution in [2.24, 2.45) is 13.0 Å². The minimum Gasteiger partial charge on any atom is -0.337 e. The van der Waals surface area contributed by atoms with Crippen molar-refractivity contribution in [1.82, 2.24) is 19.8 Å². The van der Waals surface area contributed by atoms with Crippen LogP contribution in [0.15, 0.2) is 12.4 Å². The Kier molecular flexibility index (Phi) is 5.20. The summed E-state index contributed by atoms with van der Waals surface area (Å²) in [5.41, 5.74) is 0. The molecule has 4 heteroatoms. The van der Waals surface area contributed by atoms with Crippen LogP contribution in [-0.2, 0) is 13.6 Å². The zero-order valence-electron chi connectivity index (χ0n) is 11.7. The van der Waals surface area contributed by atoms with Gasteiger partial charge in [-0.1, -0.05) is 6.92 Å². The van der Waals surface area contributed by atoms with E-state index in [9.17, 15) is 0 Å². The van der Waals surface area contributed by atoms with Crippen molar-refractivity contribution in [3.05, 3.63) is 18.2 Å². The molecule has 102 valence electrons. The van der Waals surface area contributed by atoms with E-state index in [0.29, 0.717) is 0 Å². The first-order valence-electron chi connectivity index (χ1n) is 7.19. The first kappa shape index (κ1) is 13.6. The zero-order valence-corrected chi connectivity index (χ0v) is 11.7. The number of hydrogen-bond acceptors (Lipinski definition) is 3. The van der Waals surface area contributed by atoms with Gasteiger partial charge in [0, 0.05) is 26.0 Å². The van der Waals surface area contributed by atoms with Crippen LogP contribution >= 0.6 is 0 Å². The van der Waals surface area contributed by atoms with Crippen molar-refractivity contribution in [2.75, 3.05) is 26.2 Å². The van der Waals surface area contributed by atoms with Crippen LogP contribution in [0.3, 0.4) is 0 Å². The summed E-state index contributed by atoms with van der Waals surface area (Å²) in [5.74, 6) is 1.98. The average molecular weight is 250 g/mol. The summed E-state index contributed by atoms with van der Waals surface area (Å²) in [6, 6.07) is 0. The Morgan fingerprint density at radius 1 is 1.56 bits per heavy atom. The molecule has 0 aliphatic carbocycles. The van der Waals surface area contributed by atoms with Gasteiger partial charge >= 0.3 is 0 Å².